The molecule has 1 heterocycles. The normalized spacial score (nSPS) is 15.0. The van der Waals surface area contributed by atoms with Crippen LogP contribution in [0.2, 0.25) is 0 Å². The van der Waals surface area contributed by atoms with E-state index in [2.05, 4.69) is 10.3 Å². The number of carbonyl (C=O) groups is 1. The molecular formula is C22H31N3O3. The minimum Gasteiger partial charge on any atom is -0.396 e. The van der Waals surface area contributed by atoms with Gasteiger partial charge in [0.15, 0.2) is 0 Å². The van der Waals surface area contributed by atoms with E-state index in [4.69, 9.17) is 0 Å². The van der Waals surface area contributed by atoms with Gasteiger partial charge >= 0.3 is 6.03 Å². The number of nitrogens with one attached hydrogen (secondary N) is 2. The number of benzene rings is 1. The number of H-pyrrole nitrogens is 1. The first-order valence-corrected chi connectivity index (χ1v) is 10.3. The van der Waals surface area contributed by atoms with Crippen LogP contribution in [0.25, 0.3) is 10.9 Å². The van der Waals surface area contributed by atoms with Crippen molar-refractivity contribution in [2.45, 2.75) is 65.0 Å². The number of hydrogen-bond donors (Lipinski definition) is 3. The molecule has 0 saturated heterocycles. The summed E-state index contributed by atoms with van der Waals surface area (Å²) in [7, 11) is 0. The van der Waals surface area contributed by atoms with Gasteiger partial charge in [-0.05, 0) is 50.3 Å². The van der Waals surface area contributed by atoms with Gasteiger partial charge in [-0.2, -0.15) is 0 Å². The number of aliphatic hydroxyl groups excluding tert-OH is 1. The second-order valence-corrected chi connectivity index (χ2v) is 7.89. The molecule has 2 aromatic rings. The number of aromatic amines is 1. The van der Waals surface area contributed by atoms with E-state index in [1.165, 1.54) is 6.42 Å². The van der Waals surface area contributed by atoms with Crippen molar-refractivity contribution in [3.63, 3.8) is 0 Å². The smallest absolute Gasteiger partial charge is 0.317 e. The predicted octanol–water partition coefficient (Wildman–Crippen LogP) is 3.37. The van der Waals surface area contributed by atoms with E-state index in [1.807, 2.05) is 32.0 Å². The largest absolute Gasteiger partial charge is 0.396 e. The number of carbonyl (C=O) groups excluding carboxylic acids is 1. The lowest BCUT2D eigenvalue weighted by atomic mass is 9.96. The quantitative estimate of drug-likeness (QED) is 0.713. The molecular weight excluding hydrogens is 354 g/mol. The zero-order valence-corrected chi connectivity index (χ0v) is 16.9. The lowest BCUT2D eigenvalue weighted by molar-refractivity contribution is 0.179. The Balaban J connectivity index is 1.83. The molecule has 152 valence electrons. The van der Waals surface area contributed by atoms with Crippen molar-refractivity contribution < 1.29 is 9.90 Å². The Morgan fingerprint density at radius 3 is 2.64 bits per heavy atom. The van der Waals surface area contributed by atoms with Crippen molar-refractivity contribution in [3.8, 4) is 0 Å². The van der Waals surface area contributed by atoms with E-state index in [-0.39, 0.29) is 30.8 Å². The third kappa shape index (κ3) is 4.73. The summed E-state index contributed by atoms with van der Waals surface area (Å²) in [6, 6.07) is 5.99. The van der Waals surface area contributed by atoms with E-state index in [9.17, 15) is 14.7 Å². The molecule has 6 heteroatoms. The summed E-state index contributed by atoms with van der Waals surface area (Å²) < 4.78 is 0. The monoisotopic (exact) mass is 385 g/mol. The number of aromatic nitrogens is 1. The first-order valence-electron chi connectivity index (χ1n) is 10.3. The Hall–Kier alpha value is -2.34. The molecule has 1 aromatic heterocycles. The van der Waals surface area contributed by atoms with Crippen LogP contribution >= 0.6 is 0 Å². The summed E-state index contributed by atoms with van der Waals surface area (Å²) in [6.45, 7) is 4.65. The highest BCUT2D eigenvalue weighted by atomic mass is 16.3. The highest BCUT2D eigenvalue weighted by Crippen LogP contribution is 2.21. The topological polar surface area (TPSA) is 85.4 Å². The molecule has 0 bridgehead atoms. The Labute approximate surface area is 165 Å². The molecule has 6 nitrogen and oxygen atoms in total. The summed E-state index contributed by atoms with van der Waals surface area (Å²) in [5, 5.41) is 13.3. The molecule has 1 saturated carbocycles. The Bertz CT molecular complexity index is 884. The second kappa shape index (κ2) is 9.24. The third-order valence-corrected chi connectivity index (χ3v) is 5.69. The lowest BCUT2D eigenvalue weighted by Gasteiger charge is -2.28. The SMILES string of the molecule is Cc1ccc(C)c2[nH]c(=O)c(CN(CCCO)C(=O)NC3CCCCC3)cc12. The van der Waals surface area contributed by atoms with E-state index < -0.39 is 0 Å². The molecule has 1 aliphatic rings. The highest BCUT2D eigenvalue weighted by molar-refractivity contribution is 5.85. The van der Waals surface area contributed by atoms with Crippen molar-refractivity contribution in [3.05, 3.63) is 45.2 Å². The van der Waals surface area contributed by atoms with Crippen molar-refractivity contribution >= 4 is 16.9 Å². The van der Waals surface area contributed by atoms with Gasteiger partial charge in [-0.3, -0.25) is 4.79 Å². The van der Waals surface area contributed by atoms with Gasteiger partial charge in [0.2, 0.25) is 0 Å². The summed E-state index contributed by atoms with van der Waals surface area (Å²) in [4.78, 5) is 30.1. The molecule has 0 unspecified atom stereocenters. The van der Waals surface area contributed by atoms with Gasteiger partial charge in [0.05, 0.1) is 12.1 Å². The fraction of sp³-hybridized carbons (Fsp3) is 0.545. The first kappa shape index (κ1) is 20.4. The van der Waals surface area contributed by atoms with Gasteiger partial charge < -0.3 is 20.3 Å². The molecule has 3 rings (SSSR count). The Morgan fingerprint density at radius 2 is 1.93 bits per heavy atom. The Morgan fingerprint density at radius 1 is 1.21 bits per heavy atom. The van der Waals surface area contributed by atoms with Gasteiger partial charge in [0, 0.05) is 30.1 Å². The van der Waals surface area contributed by atoms with Crippen LogP contribution in [-0.2, 0) is 6.54 Å². The fourth-order valence-electron chi connectivity index (χ4n) is 3.97. The molecule has 0 spiro atoms. The maximum absolute atomic E-state index is 12.8. The van der Waals surface area contributed by atoms with E-state index in [1.54, 1.807) is 4.90 Å². The summed E-state index contributed by atoms with van der Waals surface area (Å²) >= 11 is 0. The summed E-state index contributed by atoms with van der Waals surface area (Å²) in [5.74, 6) is 0. The highest BCUT2D eigenvalue weighted by Gasteiger charge is 2.21. The van der Waals surface area contributed by atoms with Crippen LogP contribution in [0.5, 0.6) is 0 Å². The summed E-state index contributed by atoms with van der Waals surface area (Å²) in [6.07, 6.45) is 6.02. The van der Waals surface area contributed by atoms with E-state index >= 15 is 0 Å². The van der Waals surface area contributed by atoms with Crippen LogP contribution in [0, 0.1) is 13.8 Å². The van der Waals surface area contributed by atoms with Gasteiger partial charge in [0.25, 0.3) is 5.56 Å². The molecule has 3 N–H and O–H groups in total. The van der Waals surface area contributed by atoms with Crippen molar-refractivity contribution in [1.82, 2.24) is 15.2 Å². The molecule has 1 aliphatic carbocycles. The summed E-state index contributed by atoms with van der Waals surface area (Å²) in [5.41, 5.74) is 3.36. The van der Waals surface area contributed by atoms with Gasteiger partial charge in [0.1, 0.15) is 0 Å². The van der Waals surface area contributed by atoms with Gasteiger partial charge in [-0.15, -0.1) is 0 Å². The molecule has 0 radical (unpaired) electrons. The van der Waals surface area contributed by atoms with Crippen LogP contribution in [-0.4, -0.2) is 40.2 Å². The van der Waals surface area contributed by atoms with Gasteiger partial charge in [-0.1, -0.05) is 31.4 Å². The van der Waals surface area contributed by atoms with Crippen LogP contribution < -0.4 is 10.9 Å². The predicted molar refractivity (Wildman–Crippen MR) is 112 cm³/mol. The molecule has 0 aliphatic heterocycles. The number of urea groups is 1. The standard InChI is InChI=1S/C22H31N3O3/c1-15-9-10-16(2)20-19(15)13-17(21(27)24-20)14-25(11-6-12-26)22(28)23-18-7-4-3-5-8-18/h9-10,13,18,26H,3-8,11-12,14H2,1-2H3,(H,23,28)(H,24,27). The zero-order chi connectivity index (χ0) is 20.1. The van der Waals surface area contributed by atoms with Crippen LogP contribution in [0.1, 0.15) is 55.2 Å². The van der Waals surface area contributed by atoms with Crippen LogP contribution in [0.15, 0.2) is 23.0 Å². The number of pyridine rings is 1. The average Bonchev–Trinajstić information content (AvgIpc) is 2.69. The molecule has 0 atom stereocenters. The van der Waals surface area contributed by atoms with Crippen LogP contribution in [0.3, 0.4) is 0 Å². The molecule has 2 amide bonds. The minimum atomic E-state index is -0.166. The van der Waals surface area contributed by atoms with Crippen LogP contribution in [0.4, 0.5) is 4.79 Å². The first-order chi connectivity index (χ1) is 13.5. The Kier molecular flexibility index (Phi) is 6.73. The van der Waals surface area contributed by atoms with Crippen molar-refractivity contribution in [1.29, 1.82) is 0 Å². The molecule has 1 aromatic carbocycles. The number of aryl methyl sites for hydroxylation is 2. The average molecular weight is 386 g/mol. The zero-order valence-electron chi connectivity index (χ0n) is 16.9. The number of rotatable bonds is 6. The molecule has 1 fully saturated rings. The molecule has 28 heavy (non-hydrogen) atoms. The number of nitrogens with zero attached hydrogens (tertiary/aromatic N) is 1. The number of amides is 2. The van der Waals surface area contributed by atoms with E-state index in [0.29, 0.717) is 18.5 Å². The third-order valence-electron chi connectivity index (χ3n) is 5.69. The second-order valence-electron chi connectivity index (χ2n) is 7.89. The maximum atomic E-state index is 12.8. The van der Waals surface area contributed by atoms with Gasteiger partial charge in [-0.25, -0.2) is 4.79 Å². The minimum absolute atomic E-state index is 0.0135. The number of hydrogen-bond acceptors (Lipinski definition) is 3. The number of fused-ring (bicyclic) bond motifs is 1. The fourth-order valence-corrected chi connectivity index (χ4v) is 3.97. The lowest BCUT2D eigenvalue weighted by Crippen LogP contribution is -2.46. The van der Waals surface area contributed by atoms with Crippen molar-refractivity contribution in [2.75, 3.05) is 13.2 Å². The number of aliphatic hydroxyl groups is 1. The van der Waals surface area contributed by atoms with Crippen molar-refractivity contribution in [2.24, 2.45) is 0 Å². The maximum Gasteiger partial charge on any atom is 0.317 e. The van der Waals surface area contributed by atoms with E-state index in [0.717, 1.165) is 47.7 Å².